The van der Waals surface area contributed by atoms with E-state index >= 15 is 0 Å². The molecule has 1 atom stereocenters. The van der Waals surface area contributed by atoms with Crippen LogP contribution >= 0.6 is 0 Å². The number of ether oxygens (including phenoxy) is 1. The van der Waals surface area contributed by atoms with Crippen molar-refractivity contribution in [2.45, 2.75) is 20.0 Å². The molecule has 0 aromatic heterocycles. The van der Waals surface area contributed by atoms with Crippen molar-refractivity contribution < 1.29 is 4.74 Å². The van der Waals surface area contributed by atoms with Gasteiger partial charge < -0.3 is 10.1 Å². The van der Waals surface area contributed by atoms with E-state index in [2.05, 4.69) is 48.3 Å². The van der Waals surface area contributed by atoms with E-state index in [0.29, 0.717) is 6.10 Å². The first kappa shape index (κ1) is 12.4. The van der Waals surface area contributed by atoms with Crippen molar-refractivity contribution in [3.05, 3.63) is 29.8 Å². The van der Waals surface area contributed by atoms with Crippen LogP contribution in [0.15, 0.2) is 24.3 Å². The van der Waals surface area contributed by atoms with Crippen LogP contribution in [0.1, 0.15) is 12.5 Å². The molecule has 1 aliphatic rings. The predicted octanol–water partition coefficient (Wildman–Crippen LogP) is 2.13. The molecule has 1 aliphatic heterocycles. The summed E-state index contributed by atoms with van der Waals surface area (Å²) in [5.74, 6) is 0. The van der Waals surface area contributed by atoms with Crippen molar-refractivity contribution in [1.29, 1.82) is 0 Å². The number of rotatable bonds is 4. The maximum absolute atomic E-state index is 5.52. The number of anilines is 1. The highest BCUT2D eigenvalue weighted by Crippen LogP contribution is 2.08. The molecule has 3 nitrogen and oxygen atoms in total. The van der Waals surface area contributed by atoms with Crippen molar-refractivity contribution in [2.75, 3.05) is 38.1 Å². The SMILES string of the molecule is Cc1ccc(NCCN2CCOC(C)C2)cc1. The number of nitrogens with zero attached hydrogens (tertiary/aromatic N) is 1. The maximum Gasteiger partial charge on any atom is 0.0674 e. The Hall–Kier alpha value is -1.06. The first-order valence-electron chi connectivity index (χ1n) is 6.38. The van der Waals surface area contributed by atoms with Crippen LogP contribution in [0.5, 0.6) is 0 Å². The van der Waals surface area contributed by atoms with E-state index in [1.165, 1.54) is 11.3 Å². The van der Waals surface area contributed by atoms with Gasteiger partial charge in [-0.3, -0.25) is 4.90 Å². The molecule has 1 heterocycles. The predicted molar refractivity (Wildman–Crippen MR) is 71.5 cm³/mol. The summed E-state index contributed by atoms with van der Waals surface area (Å²) < 4.78 is 5.52. The molecule has 3 heteroatoms. The Labute approximate surface area is 104 Å². The Bertz CT molecular complexity index is 337. The van der Waals surface area contributed by atoms with Crippen LogP contribution in [0.25, 0.3) is 0 Å². The molecule has 0 saturated carbocycles. The summed E-state index contributed by atoms with van der Waals surface area (Å²) in [5, 5.41) is 3.45. The minimum atomic E-state index is 0.378. The summed E-state index contributed by atoms with van der Waals surface area (Å²) in [5.41, 5.74) is 2.51. The molecule has 94 valence electrons. The van der Waals surface area contributed by atoms with Crippen molar-refractivity contribution >= 4 is 5.69 Å². The second-order valence-corrected chi connectivity index (χ2v) is 4.77. The molecule has 0 radical (unpaired) electrons. The lowest BCUT2D eigenvalue weighted by molar-refractivity contribution is -0.0166. The number of nitrogens with one attached hydrogen (secondary N) is 1. The van der Waals surface area contributed by atoms with Crippen LogP contribution < -0.4 is 5.32 Å². The molecule has 0 amide bonds. The summed E-state index contributed by atoms with van der Waals surface area (Å²) in [4.78, 5) is 2.45. The van der Waals surface area contributed by atoms with E-state index in [4.69, 9.17) is 4.74 Å². The third kappa shape index (κ3) is 4.02. The molecular weight excluding hydrogens is 212 g/mol. The summed E-state index contributed by atoms with van der Waals surface area (Å²) >= 11 is 0. The number of aryl methyl sites for hydroxylation is 1. The third-order valence-corrected chi connectivity index (χ3v) is 3.13. The molecule has 0 bridgehead atoms. The lowest BCUT2D eigenvalue weighted by Crippen LogP contribution is -2.43. The second-order valence-electron chi connectivity index (χ2n) is 4.77. The van der Waals surface area contributed by atoms with Gasteiger partial charge in [-0.2, -0.15) is 0 Å². The number of benzene rings is 1. The van der Waals surface area contributed by atoms with Gasteiger partial charge in [0.1, 0.15) is 0 Å². The molecule has 0 spiro atoms. The van der Waals surface area contributed by atoms with E-state index in [1.807, 2.05) is 0 Å². The number of hydrogen-bond acceptors (Lipinski definition) is 3. The fourth-order valence-electron chi connectivity index (χ4n) is 2.12. The zero-order valence-corrected chi connectivity index (χ0v) is 10.8. The highest BCUT2D eigenvalue weighted by Gasteiger charge is 2.15. The van der Waals surface area contributed by atoms with Crippen molar-refractivity contribution in [1.82, 2.24) is 4.90 Å². The number of hydrogen-bond donors (Lipinski definition) is 1. The molecular formula is C14H22N2O. The van der Waals surface area contributed by atoms with Gasteiger partial charge in [-0.05, 0) is 26.0 Å². The highest BCUT2D eigenvalue weighted by atomic mass is 16.5. The van der Waals surface area contributed by atoms with E-state index in [-0.39, 0.29) is 0 Å². The van der Waals surface area contributed by atoms with Gasteiger partial charge >= 0.3 is 0 Å². The molecule has 2 rings (SSSR count). The first-order chi connectivity index (χ1) is 8.24. The van der Waals surface area contributed by atoms with Gasteiger partial charge in [0.25, 0.3) is 0 Å². The Kier molecular flexibility index (Phi) is 4.40. The topological polar surface area (TPSA) is 24.5 Å². The zero-order valence-electron chi connectivity index (χ0n) is 10.8. The summed E-state index contributed by atoms with van der Waals surface area (Å²) in [7, 11) is 0. The normalized spacial score (nSPS) is 21.4. The Morgan fingerprint density at radius 1 is 1.35 bits per heavy atom. The first-order valence-corrected chi connectivity index (χ1v) is 6.38. The van der Waals surface area contributed by atoms with Crippen LogP contribution in [0.4, 0.5) is 5.69 Å². The molecule has 17 heavy (non-hydrogen) atoms. The van der Waals surface area contributed by atoms with Gasteiger partial charge in [-0.1, -0.05) is 17.7 Å². The Morgan fingerprint density at radius 2 is 2.12 bits per heavy atom. The van der Waals surface area contributed by atoms with Gasteiger partial charge in [-0.25, -0.2) is 0 Å². The van der Waals surface area contributed by atoms with Crippen LogP contribution in [-0.4, -0.2) is 43.8 Å². The molecule has 0 aliphatic carbocycles. The Balaban J connectivity index is 1.70. The summed E-state index contributed by atoms with van der Waals surface area (Å²) in [6.07, 6.45) is 0.378. The van der Waals surface area contributed by atoms with Crippen molar-refractivity contribution in [2.24, 2.45) is 0 Å². The van der Waals surface area contributed by atoms with Crippen molar-refractivity contribution in [3.63, 3.8) is 0 Å². The van der Waals surface area contributed by atoms with Gasteiger partial charge in [0, 0.05) is 31.9 Å². The van der Waals surface area contributed by atoms with Crippen LogP contribution in [0.3, 0.4) is 0 Å². The van der Waals surface area contributed by atoms with E-state index < -0.39 is 0 Å². The van der Waals surface area contributed by atoms with Gasteiger partial charge in [0.05, 0.1) is 12.7 Å². The molecule has 1 unspecified atom stereocenters. The fraction of sp³-hybridized carbons (Fsp3) is 0.571. The smallest absolute Gasteiger partial charge is 0.0674 e. The second kappa shape index (κ2) is 6.03. The minimum Gasteiger partial charge on any atom is -0.384 e. The average molecular weight is 234 g/mol. The monoisotopic (exact) mass is 234 g/mol. The van der Waals surface area contributed by atoms with Crippen molar-refractivity contribution in [3.8, 4) is 0 Å². The van der Waals surface area contributed by atoms with E-state index in [9.17, 15) is 0 Å². The number of morpholine rings is 1. The highest BCUT2D eigenvalue weighted by molar-refractivity contribution is 5.44. The van der Waals surface area contributed by atoms with Crippen LogP contribution in [0.2, 0.25) is 0 Å². The molecule has 1 fully saturated rings. The molecule has 1 aromatic carbocycles. The molecule has 1 saturated heterocycles. The van der Waals surface area contributed by atoms with Gasteiger partial charge in [-0.15, -0.1) is 0 Å². The van der Waals surface area contributed by atoms with Gasteiger partial charge in [0.2, 0.25) is 0 Å². The molecule has 1 aromatic rings. The minimum absolute atomic E-state index is 0.378. The molecule has 1 N–H and O–H groups in total. The fourth-order valence-corrected chi connectivity index (χ4v) is 2.12. The van der Waals surface area contributed by atoms with Crippen LogP contribution in [0, 0.1) is 6.92 Å². The lowest BCUT2D eigenvalue weighted by atomic mass is 10.2. The van der Waals surface area contributed by atoms with E-state index in [1.54, 1.807) is 0 Å². The van der Waals surface area contributed by atoms with E-state index in [0.717, 1.165) is 32.8 Å². The average Bonchev–Trinajstić information content (AvgIpc) is 2.32. The summed E-state index contributed by atoms with van der Waals surface area (Å²) in [6, 6.07) is 8.55. The largest absolute Gasteiger partial charge is 0.384 e. The van der Waals surface area contributed by atoms with Crippen LogP contribution in [-0.2, 0) is 4.74 Å². The zero-order chi connectivity index (χ0) is 12.1. The lowest BCUT2D eigenvalue weighted by Gasteiger charge is -2.31. The maximum atomic E-state index is 5.52. The standard InChI is InChI=1S/C14H22N2O/c1-12-3-5-14(6-4-12)15-7-8-16-9-10-17-13(2)11-16/h3-6,13,15H,7-11H2,1-2H3. The quantitative estimate of drug-likeness (QED) is 0.863. The third-order valence-electron chi connectivity index (χ3n) is 3.13. The van der Waals surface area contributed by atoms with Gasteiger partial charge in [0.15, 0.2) is 0 Å². The Morgan fingerprint density at radius 3 is 2.82 bits per heavy atom. The summed E-state index contributed by atoms with van der Waals surface area (Å²) in [6.45, 7) is 9.30.